The Morgan fingerprint density at radius 2 is 2.00 bits per heavy atom. The fourth-order valence-electron chi connectivity index (χ4n) is 0.855. The third-order valence-corrected chi connectivity index (χ3v) is 1.50. The van der Waals surface area contributed by atoms with Crippen LogP contribution in [-0.2, 0) is 0 Å². The zero-order chi connectivity index (χ0) is 9.07. The van der Waals surface area contributed by atoms with Gasteiger partial charge in [0, 0.05) is 19.4 Å². The Balaban J connectivity index is 2.90. The van der Waals surface area contributed by atoms with Crippen molar-refractivity contribution < 1.29 is 0 Å². The highest BCUT2D eigenvalue weighted by molar-refractivity contribution is 4.95. The van der Waals surface area contributed by atoms with E-state index in [0.29, 0.717) is 6.42 Å². The lowest BCUT2D eigenvalue weighted by molar-refractivity contribution is 0.635. The van der Waals surface area contributed by atoms with Crippen LogP contribution in [0.1, 0.15) is 32.6 Å². The van der Waals surface area contributed by atoms with E-state index in [1.54, 1.807) is 0 Å². The van der Waals surface area contributed by atoms with Gasteiger partial charge in [-0.25, -0.2) is 0 Å². The summed E-state index contributed by atoms with van der Waals surface area (Å²) in [6.45, 7) is 3.83. The molecule has 0 aliphatic heterocycles. The van der Waals surface area contributed by atoms with Crippen LogP contribution in [-0.4, -0.2) is 13.1 Å². The van der Waals surface area contributed by atoms with Crippen LogP contribution in [0.5, 0.6) is 0 Å². The van der Waals surface area contributed by atoms with E-state index < -0.39 is 0 Å². The Kier molecular flexibility index (Phi) is 9.18. The summed E-state index contributed by atoms with van der Waals surface area (Å²) in [6, 6.07) is 2.13. The lowest BCUT2D eigenvalue weighted by Gasteiger charge is -1.99. The standard InChI is InChI=1S/C10H16N2/c1-2-3-6-9-12-10-7-4-5-8-11/h12H,4-7,9-10H2,1H3. The molecule has 2 nitrogen and oxygen atoms in total. The van der Waals surface area contributed by atoms with Crippen LogP contribution in [0.2, 0.25) is 0 Å². The van der Waals surface area contributed by atoms with Gasteiger partial charge in [0.05, 0.1) is 6.07 Å². The Bertz CT molecular complexity index is 180. The molecule has 0 atom stereocenters. The molecule has 0 saturated carbocycles. The zero-order valence-electron chi connectivity index (χ0n) is 7.69. The molecule has 0 aromatic rings. The predicted octanol–water partition coefficient (Wildman–Crippen LogP) is 1.68. The van der Waals surface area contributed by atoms with E-state index in [4.69, 9.17) is 5.26 Å². The van der Waals surface area contributed by atoms with E-state index >= 15 is 0 Å². The smallest absolute Gasteiger partial charge is 0.0621 e. The van der Waals surface area contributed by atoms with Crippen LogP contribution in [0.15, 0.2) is 0 Å². The average molecular weight is 164 g/mol. The summed E-state index contributed by atoms with van der Waals surface area (Å²) >= 11 is 0. The summed E-state index contributed by atoms with van der Waals surface area (Å²) in [4.78, 5) is 0. The van der Waals surface area contributed by atoms with E-state index in [1.165, 1.54) is 0 Å². The highest BCUT2D eigenvalue weighted by atomic mass is 14.8. The quantitative estimate of drug-likeness (QED) is 0.479. The molecule has 0 aromatic carbocycles. The summed E-state index contributed by atoms with van der Waals surface area (Å²) in [5, 5.41) is 11.5. The van der Waals surface area contributed by atoms with Gasteiger partial charge in [0.1, 0.15) is 0 Å². The van der Waals surface area contributed by atoms with Gasteiger partial charge < -0.3 is 5.32 Å². The molecule has 2 heteroatoms. The molecule has 12 heavy (non-hydrogen) atoms. The SMILES string of the molecule is CC#CCCNCCCCC#N. The number of rotatable bonds is 6. The molecule has 1 N–H and O–H groups in total. The van der Waals surface area contributed by atoms with Gasteiger partial charge in [-0.1, -0.05) is 0 Å². The number of hydrogen-bond donors (Lipinski definition) is 1. The molecule has 0 unspecified atom stereocenters. The van der Waals surface area contributed by atoms with Gasteiger partial charge in [-0.3, -0.25) is 0 Å². The van der Waals surface area contributed by atoms with Crippen LogP contribution in [0.25, 0.3) is 0 Å². The third-order valence-electron chi connectivity index (χ3n) is 1.50. The summed E-state index contributed by atoms with van der Waals surface area (Å²) in [5.41, 5.74) is 0. The predicted molar refractivity (Wildman–Crippen MR) is 50.4 cm³/mol. The maximum atomic E-state index is 8.25. The first-order chi connectivity index (χ1) is 5.91. The molecular formula is C10H16N2. The Morgan fingerprint density at radius 3 is 2.67 bits per heavy atom. The lowest BCUT2D eigenvalue weighted by atomic mass is 10.2. The molecule has 0 fully saturated rings. The number of hydrogen-bond acceptors (Lipinski definition) is 2. The fraction of sp³-hybridized carbons (Fsp3) is 0.700. The third kappa shape index (κ3) is 9.01. The van der Waals surface area contributed by atoms with Crippen molar-refractivity contribution in [2.24, 2.45) is 0 Å². The van der Waals surface area contributed by atoms with E-state index in [0.717, 1.165) is 32.4 Å². The van der Waals surface area contributed by atoms with E-state index in [1.807, 2.05) is 6.92 Å². The Labute approximate surface area is 75.0 Å². The van der Waals surface area contributed by atoms with Crippen LogP contribution in [0.3, 0.4) is 0 Å². The normalized spacial score (nSPS) is 8.33. The lowest BCUT2D eigenvalue weighted by Crippen LogP contribution is -2.15. The molecule has 0 rings (SSSR count). The molecule has 0 heterocycles. The molecule has 0 aromatic heterocycles. The van der Waals surface area contributed by atoms with E-state index in [-0.39, 0.29) is 0 Å². The van der Waals surface area contributed by atoms with Crippen LogP contribution in [0, 0.1) is 23.2 Å². The summed E-state index contributed by atoms with van der Waals surface area (Å²) in [6.07, 6.45) is 3.70. The van der Waals surface area contributed by atoms with Crippen molar-refractivity contribution in [1.29, 1.82) is 5.26 Å². The molecule has 0 radical (unpaired) electrons. The molecule has 0 amide bonds. The van der Waals surface area contributed by atoms with Crippen LogP contribution < -0.4 is 5.32 Å². The highest BCUT2D eigenvalue weighted by Crippen LogP contribution is 1.90. The van der Waals surface area contributed by atoms with Crippen molar-refractivity contribution in [3.63, 3.8) is 0 Å². The van der Waals surface area contributed by atoms with Gasteiger partial charge in [0.25, 0.3) is 0 Å². The number of unbranched alkanes of at least 4 members (excludes halogenated alkanes) is 2. The maximum absolute atomic E-state index is 8.25. The second-order valence-corrected chi connectivity index (χ2v) is 2.54. The number of nitrogens with zero attached hydrogens (tertiary/aromatic N) is 1. The van der Waals surface area contributed by atoms with Crippen molar-refractivity contribution >= 4 is 0 Å². The minimum absolute atomic E-state index is 0.677. The largest absolute Gasteiger partial charge is 0.316 e. The first-order valence-corrected chi connectivity index (χ1v) is 4.39. The van der Waals surface area contributed by atoms with Crippen molar-refractivity contribution in [2.75, 3.05) is 13.1 Å². The van der Waals surface area contributed by atoms with Gasteiger partial charge in [-0.15, -0.1) is 11.8 Å². The first-order valence-electron chi connectivity index (χ1n) is 4.39. The zero-order valence-corrected chi connectivity index (χ0v) is 7.69. The van der Waals surface area contributed by atoms with Crippen molar-refractivity contribution in [3.05, 3.63) is 0 Å². The minimum Gasteiger partial charge on any atom is -0.316 e. The van der Waals surface area contributed by atoms with E-state index in [2.05, 4.69) is 23.2 Å². The van der Waals surface area contributed by atoms with Gasteiger partial charge >= 0.3 is 0 Å². The van der Waals surface area contributed by atoms with Crippen LogP contribution >= 0.6 is 0 Å². The average Bonchev–Trinajstić information content (AvgIpc) is 2.10. The Morgan fingerprint density at radius 1 is 1.17 bits per heavy atom. The van der Waals surface area contributed by atoms with Crippen molar-refractivity contribution in [3.8, 4) is 17.9 Å². The van der Waals surface area contributed by atoms with Gasteiger partial charge in [0.2, 0.25) is 0 Å². The summed E-state index contributed by atoms with van der Waals surface area (Å²) in [5.74, 6) is 5.83. The minimum atomic E-state index is 0.677. The van der Waals surface area contributed by atoms with Crippen molar-refractivity contribution in [1.82, 2.24) is 5.32 Å². The molecule has 0 saturated heterocycles. The Hall–Kier alpha value is -0.990. The maximum Gasteiger partial charge on any atom is 0.0621 e. The molecular weight excluding hydrogens is 148 g/mol. The van der Waals surface area contributed by atoms with E-state index in [9.17, 15) is 0 Å². The highest BCUT2D eigenvalue weighted by Gasteiger charge is 1.86. The molecule has 0 spiro atoms. The summed E-state index contributed by atoms with van der Waals surface area (Å²) in [7, 11) is 0. The number of nitrogens with one attached hydrogen (secondary N) is 1. The van der Waals surface area contributed by atoms with Gasteiger partial charge in [-0.2, -0.15) is 5.26 Å². The fourth-order valence-corrected chi connectivity index (χ4v) is 0.855. The van der Waals surface area contributed by atoms with Gasteiger partial charge in [-0.05, 0) is 26.3 Å². The monoisotopic (exact) mass is 164 g/mol. The molecule has 0 bridgehead atoms. The molecule has 66 valence electrons. The topological polar surface area (TPSA) is 35.8 Å². The number of nitriles is 1. The molecule has 0 aliphatic rings. The molecule has 0 aliphatic carbocycles. The van der Waals surface area contributed by atoms with Crippen molar-refractivity contribution in [2.45, 2.75) is 32.6 Å². The summed E-state index contributed by atoms with van der Waals surface area (Å²) < 4.78 is 0. The second kappa shape index (κ2) is 10.0. The van der Waals surface area contributed by atoms with Crippen LogP contribution in [0.4, 0.5) is 0 Å². The first kappa shape index (κ1) is 11.0. The second-order valence-electron chi connectivity index (χ2n) is 2.54. The van der Waals surface area contributed by atoms with Gasteiger partial charge in [0.15, 0.2) is 0 Å².